The van der Waals surface area contributed by atoms with E-state index in [1.165, 1.54) is 0 Å². The Labute approximate surface area is 152 Å². The van der Waals surface area contributed by atoms with Crippen LogP contribution >= 0.6 is 0 Å². The first-order valence-electron chi connectivity index (χ1n) is 8.84. The summed E-state index contributed by atoms with van der Waals surface area (Å²) in [5.74, 6) is 1.32. The minimum atomic E-state index is -0.571. The standard InChI is InChI=1S/C20H22N2O4/c23-18(14-4-2-1-3-5-14)20(8-9-20)13-21-19(24)22-15-6-7-16-17(12-15)26-11-10-25-16/h1-7,12,18,23H,8-11,13H2,(H2,21,22,24). The lowest BCUT2D eigenvalue weighted by Gasteiger charge is -2.23. The first-order valence-corrected chi connectivity index (χ1v) is 8.84. The summed E-state index contributed by atoms with van der Waals surface area (Å²) in [5, 5.41) is 16.3. The van der Waals surface area contributed by atoms with Gasteiger partial charge < -0.3 is 25.2 Å². The van der Waals surface area contributed by atoms with Crippen molar-refractivity contribution in [1.29, 1.82) is 0 Å². The van der Waals surface area contributed by atoms with Crippen molar-refractivity contribution < 1.29 is 19.4 Å². The van der Waals surface area contributed by atoms with Crippen LogP contribution in [0.5, 0.6) is 11.5 Å². The molecule has 2 amide bonds. The summed E-state index contributed by atoms with van der Waals surface area (Å²) in [6.45, 7) is 1.47. The molecule has 1 fully saturated rings. The molecule has 0 radical (unpaired) electrons. The average molecular weight is 354 g/mol. The monoisotopic (exact) mass is 354 g/mol. The van der Waals surface area contributed by atoms with E-state index in [0.29, 0.717) is 36.9 Å². The Kier molecular flexibility index (Phi) is 4.42. The van der Waals surface area contributed by atoms with Gasteiger partial charge in [0.15, 0.2) is 11.5 Å². The summed E-state index contributed by atoms with van der Waals surface area (Å²) < 4.78 is 11.0. The summed E-state index contributed by atoms with van der Waals surface area (Å²) in [4.78, 5) is 12.2. The number of carbonyl (C=O) groups excluding carboxylic acids is 1. The molecule has 0 spiro atoms. The van der Waals surface area contributed by atoms with Gasteiger partial charge in [-0.15, -0.1) is 0 Å². The highest BCUT2D eigenvalue weighted by Crippen LogP contribution is 2.54. The second-order valence-corrected chi connectivity index (χ2v) is 6.84. The highest BCUT2D eigenvalue weighted by molar-refractivity contribution is 5.89. The van der Waals surface area contributed by atoms with Crippen molar-refractivity contribution >= 4 is 11.7 Å². The molecule has 6 heteroatoms. The van der Waals surface area contributed by atoms with E-state index in [4.69, 9.17) is 9.47 Å². The number of urea groups is 1. The number of fused-ring (bicyclic) bond motifs is 1. The van der Waals surface area contributed by atoms with Gasteiger partial charge in [-0.05, 0) is 30.5 Å². The molecule has 2 aromatic rings. The van der Waals surface area contributed by atoms with Crippen LogP contribution in [0.1, 0.15) is 24.5 Å². The number of aliphatic hydroxyl groups is 1. The Morgan fingerprint density at radius 3 is 2.54 bits per heavy atom. The molecule has 1 aliphatic heterocycles. The fourth-order valence-electron chi connectivity index (χ4n) is 3.25. The molecule has 6 nitrogen and oxygen atoms in total. The predicted molar refractivity (Wildman–Crippen MR) is 97.5 cm³/mol. The number of hydrogen-bond donors (Lipinski definition) is 3. The Morgan fingerprint density at radius 2 is 1.81 bits per heavy atom. The molecule has 1 saturated carbocycles. The van der Waals surface area contributed by atoms with Gasteiger partial charge in [0.25, 0.3) is 0 Å². The average Bonchev–Trinajstić information content (AvgIpc) is 3.48. The number of ether oxygens (including phenoxy) is 2. The minimum Gasteiger partial charge on any atom is -0.486 e. The van der Waals surface area contributed by atoms with E-state index in [-0.39, 0.29) is 11.4 Å². The van der Waals surface area contributed by atoms with Gasteiger partial charge in [-0.25, -0.2) is 4.79 Å². The summed E-state index contributed by atoms with van der Waals surface area (Å²) in [7, 11) is 0. The van der Waals surface area contributed by atoms with Gasteiger partial charge in [-0.2, -0.15) is 0 Å². The van der Waals surface area contributed by atoms with E-state index in [1.54, 1.807) is 18.2 Å². The number of benzene rings is 2. The van der Waals surface area contributed by atoms with Crippen LogP contribution in [0.15, 0.2) is 48.5 Å². The summed E-state index contributed by atoms with van der Waals surface area (Å²) in [6.07, 6.45) is 1.22. The normalized spacial score (nSPS) is 17.9. The Hall–Kier alpha value is -2.73. The van der Waals surface area contributed by atoms with Crippen molar-refractivity contribution in [3.05, 3.63) is 54.1 Å². The molecule has 0 aromatic heterocycles. The summed E-state index contributed by atoms with van der Waals surface area (Å²) >= 11 is 0. The second kappa shape index (κ2) is 6.88. The zero-order valence-corrected chi connectivity index (χ0v) is 14.4. The smallest absolute Gasteiger partial charge is 0.319 e. The molecule has 2 aliphatic rings. The number of nitrogens with one attached hydrogen (secondary N) is 2. The Morgan fingerprint density at radius 1 is 1.08 bits per heavy atom. The van der Waals surface area contributed by atoms with Crippen molar-refractivity contribution in [1.82, 2.24) is 5.32 Å². The quantitative estimate of drug-likeness (QED) is 0.771. The number of carbonyl (C=O) groups is 1. The topological polar surface area (TPSA) is 79.8 Å². The Balaban J connectivity index is 1.34. The van der Waals surface area contributed by atoms with E-state index in [9.17, 15) is 9.90 Å². The number of rotatable bonds is 5. The van der Waals surface area contributed by atoms with E-state index in [0.717, 1.165) is 18.4 Å². The zero-order chi connectivity index (χ0) is 18.0. The van der Waals surface area contributed by atoms with Crippen molar-refractivity contribution in [2.45, 2.75) is 18.9 Å². The van der Waals surface area contributed by atoms with E-state index in [2.05, 4.69) is 10.6 Å². The number of aliphatic hydroxyl groups excluding tert-OH is 1. The number of hydrogen-bond acceptors (Lipinski definition) is 4. The highest BCUT2D eigenvalue weighted by Gasteiger charge is 2.49. The van der Waals surface area contributed by atoms with Crippen LogP contribution < -0.4 is 20.1 Å². The molecular weight excluding hydrogens is 332 g/mol. The van der Waals surface area contributed by atoms with Crippen molar-refractivity contribution in [2.24, 2.45) is 5.41 Å². The van der Waals surface area contributed by atoms with Crippen LogP contribution in [-0.4, -0.2) is 30.9 Å². The van der Waals surface area contributed by atoms with Gasteiger partial charge in [0, 0.05) is 23.7 Å². The van der Waals surface area contributed by atoms with Gasteiger partial charge >= 0.3 is 6.03 Å². The maximum atomic E-state index is 12.2. The Bertz CT molecular complexity index is 790. The van der Waals surface area contributed by atoms with Gasteiger partial charge in [-0.1, -0.05) is 30.3 Å². The molecule has 26 heavy (non-hydrogen) atoms. The molecule has 0 saturated heterocycles. The maximum Gasteiger partial charge on any atom is 0.319 e. The number of amides is 2. The maximum absolute atomic E-state index is 12.2. The molecule has 1 heterocycles. The van der Waals surface area contributed by atoms with Crippen LogP contribution in [0.2, 0.25) is 0 Å². The first-order chi connectivity index (χ1) is 12.7. The third-order valence-corrected chi connectivity index (χ3v) is 4.99. The lowest BCUT2D eigenvalue weighted by atomic mass is 9.93. The summed E-state index contributed by atoms with van der Waals surface area (Å²) in [5.41, 5.74) is 1.25. The van der Waals surface area contributed by atoms with Crippen LogP contribution in [0.4, 0.5) is 10.5 Å². The van der Waals surface area contributed by atoms with Crippen LogP contribution in [-0.2, 0) is 0 Å². The van der Waals surface area contributed by atoms with E-state index in [1.807, 2.05) is 30.3 Å². The fraction of sp³-hybridized carbons (Fsp3) is 0.350. The van der Waals surface area contributed by atoms with Crippen LogP contribution in [0, 0.1) is 5.41 Å². The minimum absolute atomic E-state index is 0.272. The fourth-order valence-corrected chi connectivity index (χ4v) is 3.25. The second-order valence-electron chi connectivity index (χ2n) is 6.84. The van der Waals surface area contributed by atoms with Gasteiger partial charge in [0.2, 0.25) is 0 Å². The van der Waals surface area contributed by atoms with Crippen molar-refractivity contribution in [3.63, 3.8) is 0 Å². The third kappa shape index (κ3) is 3.46. The lowest BCUT2D eigenvalue weighted by molar-refractivity contribution is 0.0936. The molecule has 0 bridgehead atoms. The zero-order valence-electron chi connectivity index (χ0n) is 14.4. The van der Waals surface area contributed by atoms with E-state index >= 15 is 0 Å². The van der Waals surface area contributed by atoms with Gasteiger partial charge in [0.05, 0.1) is 6.10 Å². The lowest BCUT2D eigenvalue weighted by Crippen LogP contribution is -2.36. The van der Waals surface area contributed by atoms with Crippen molar-refractivity contribution in [2.75, 3.05) is 25.1 Å². The predicted octanol–water partition coefficient (Wildman–Crippen LogP) is 3.09. The SMILES string of the molecule is O=C(NCC1(C(O)c2ccccc2)CC1)Nc1ccc2c(c1)OCCO2. The van der Waals surface area contributed by atoms with Gasteiger partial charge in [0.1, 0.15) is 13.2 Å². The molecule has 1 aliphatic carbocycles. The van der Waals surface area contributed by atoms with Gasteiger partial charge in [-0.3, -0.25) is 0 Å². The molecule has 1 unspecified atom stereocenters. The molecular formula is C20H22N2O4. The van der Waals surface area contributed by atoms with Crippen molar-refractivity contribution in [3.8, 4) is 11.5 Å². The van der Waals surface area contributed by atoms with E-state index < -0.39 is 6.10 Å². The number of anilines is 1. The third-order valence-electron chi connectivity index (χ3n) is 4.99. The largest absolute Gasteiger partial charge is 0.486 e. The highest BCUT2D eigenvalue weighted by atomic mass is 16.6. The molecule has 3 N–H and O–H groups in total. The molecule has 136 valence electrons. The molecule has 4 rings (SSSR count). The van der Waals surface area contributed by atoms with Crippen LogP contribution in [0.25, 0.3) is 0 Å². The summed E-state index contributed by atoms with van der Waals surface area (Å²) in [6, 6.07) is 14.6. The first kappa shape index (κ1) is 16.7. The molecule has 1 atom stereocenters. The molecule has 2 aromatic carbocycles. The van der Waals surface area contributed by atoms with Crippen LogP contribution in [0.3, 0.4) is 0 Å².